The Bertz CT molecular complexity index is 344. The molecular formula is C14H20Br2O. The van der Waals surface area contributed by atoms with Gasteiger partial charge in [-0.15, -0.1) is 0 Å². The van der Waals surface area contributed by atoms with E-state index in [9.17, 15) is 0 Å². The van der Waals surface area contributed by atoms with Crippen LogP contribution in [0.5, 0.6) is 0 Å². The Balaban J connectivity index is 2.45. The normalized spacial score (nSPS) is 13.7. The Kier molecular flexibility index (Phi) is 6.18. The van der Waals surface area contributed by atoms with E-state index in [-0.39, 0.29) is 5.41 Å². The van der Waals surface area contributed by atoms with E-state index in [1.807, 2.05) is 18.2 Å². The summed E-state index contributed by atoms with van der Waals surface area (Å²) in [7, 11) is 0. The highest BCUT2D eigenvalue weighted by molar-refractivity contribution is 9.10. The summed E-state index contributed by atoms with van der Waals surface area (Å²) in [5.74, 6) is 0.532. The molecule has 0 saturated carbocycles. The molecule has 0 fully saturated rings. The number of benzene rings is 1. The van der Waals surface area contributed by atoms with Crippen LogP contribution >= 0.6 is 31.9 Å². The molecule has 1 unspecified atom stereocenters. The SMILES string of the molecule is CC(C)(C)C(CBr)COCc1ccccc1Br. The van der Waals surface area contributed by atoms with Gasteiger partial charge >= 0.3 is 0 Å². The van der Waals surface area contributed by atoms with E-state index in [1.165, 1.54) is 5.56 Å². The first-order chi connectivity index (χ1) is 7.95. The first-order valence-corrected chi connectivity index (χ1v) is 7.73. The predicted octanol–water partition coefficient (Wildman–Crippen LogP) is 5.02. The monoisotopic (exact) mass is 362 g/mol. The highest BCUT2D eigenvalue weighted by Gasteiger charge is 2.23. The lowest BCUT2D eigenvalue weighted by Gasteiger charge is -2.28. The van der Waals surface area contributed by atoms with Gasteiger partial charge in [-0.1, -0.05) is 70.8 Å². The zero-order chi connectivity index (χ0) is 12.9. The van der Waals surface area contributed by atoms with Crippen LogP contribution < -0.4 is 0 Å². The Morgan fingerprint density at radius 2 is 1.88 bits per heavy atom. The van der Waals surface area contributed by atoms with Crippen molar-refractivity contribution in [1.29, 1.82) is 0 Å². The summed E-state index contributed by atoms with van der Waals surface area (Å²) < 4.78 is 6.94. The van der Waals surface area contributed by atoms with E-state index < -0.39 is 0 Å². The van der Waals surface area contributed by atoms with Gasteiger partial charge in [0.15, 0.2) is 0 Å². The van der Waals surface area contributed by atoms with Crippen molar-refractivity contribution in [2.45, 2.75) is 27.4 Å². The van der Waals surface area contributed by atoms with E-state index in [0.29, 0.717) is 12.5 Å². The average Bonchev–Trinajstić information content (AvgIpc) is 2.25. The van der Waals surface area contributed by atoms with Gasteiger partial charge in [0.25, 0.3) is 0 Å². The molecule has 0 N–H and O–H groups in total. The molecule has 0 aromatic heterocycles. The van der Waals surface area contributed by atoms with Crippen LogP contribution in [0, 0.1) is 11.3 Å². The number of halogens is 2. The zero-order valence-corrected chi connectivity index (χ0v) is 13.8. The summed E-state index contributed by atoms with van der Waals surface area (Å²) in [6, 6.07) is 8.19. The van der Waals surface area contributed by atoms with E-state index in [2.05, 4.69) is 58.7 Å². The molecule has 0 aliphatic heterocycles. The van der Waals surface area contributed by atoms with Crippen molar-refractivity contribution in [1.82, 2.24) is 0 Å². The molecule has 1 aromatic rings. The van der Waals surface area contributed by atoms with Gasteiger partial charge in [-0.25, -0.2) is 0 Å². The topological polar surface area (TPSA) is 9.23 Å². The first-order valence-electron chi connectivity index (χ1n) is 5.82. The number of rotatable bonds is 5. The van der Waals surface area contributed by atoms with Gasteiger partial charge in [-0.2, -0.15) is 0 Å². The molecule has 0 spiro atoms. The maximum Gasteiger partial charge on any atom is 0.0727 e. The highest BCUT2D eigenvalue weighted by atomic mass is 79.9. The summed E-state index contributed by atoms with van der Waals surface area (Å²) in [6.45, 7) is 8.21. The molecular weight excluding hydrogens is 344 g/mol. The largest absolute Gasteiger partial charge is 0.376 e. The predicted molar refractivity (Wildman–Crippen MR) is 80.5 cm³/mol. The molecule has 3 heteroatoms. The molecule has 96 valence electrons. The van der Waals surface area contributed by atoms with Gasteiger partial charge in [0, 0.05) is 9.80 Å². The number of hydrogen-bond acceptors (Lipinski definition) is 1. The van der Waals surface area contributed by atoms with Gasteiger partial charge in [0.05, 0.1) is 13.2 Å². The van der Waals surface area contributed by atoms with Crippen molar-refractivity contribution in [3.63, 3.8) is 0 Å². The van der Waals surface area contributed by atoms with Crippen LogP contribution in [0.3, 0.4) is 0 Å². The van der Waals surface area contributed by atoms with Crippen LogP contribution in [0.2, 0.25) is 0 Å². The average molecular weight is 364 g/mol. The minimum Gasteiger partial charge on any atom is -0.376 e. The molecule has 1 nitrogen and oxygen atoms in total. The van der Waals surface area contributed by atoms with E-state index in [1.54, 1.807) is 0 Å². The second kappa shape index (κ2) is 6.91. The van der Waals surface area contributed by atoms with Crippen molar-refractivity contribution in [3.8, 4) is 0 Å². The van der Waals surface area contributed by atoms with Crippen LogP contribution in [0.4, 0.5) is 0 Å². The van der Waals surface area contributed by atoms with Crippen molar-refractivity contribution < 1.29 is 4.74 Å². The number of hydrogen-bond donors (Lipinski definition) is 0. The van der Waals surface area contributed by atoms with Gasteiger partial charge < -0.3 is 4.74 Å². The van der Waals surface area contributed by atoms with Crippen LogP contribution in [0.15, 0.2) is 28.7 Å². The Morgan fingerprint density at radius 1 is 1.24 bits per heavy atom. The highest BCUT2D eigenvalue weighted by Crippen LogP contribution is 2.28. The van der Waals surface area contributed by atoms with Crippen molar-refractivity contribution in [3.05, 3.63) is 34.3 Å². The minimum absolute atomic E-state index is 0.275. The maximum atomic E-state index is 5.82. The van der Waals surface area contributed by atoms with Crippen molar-refractivity contribution >= 4 is 31.9 Å². The lowest BCUT2D eigenvalue weighted by molar-refractivity contribution is 0.0562. The van der Waals surface area contributed by atoms with Gasteiger partial charge in [0.1, 0.15) is 0 Å². The zero-order valence-electron chi connectivity index (χ0n) is 10.7. The van der Waals surface area contributed by atoms with Crippen molar-refractivity contribution in [2.24, 2.45) is 11.3 Å². The molecule has 0 amide bonds. The Hall–Kier alpha value is 0.140. The van der Waals surface area contributed by atoms with Crippen LogP contribution in [-0.4, -0.2) is 11.9 Å². The molecule has 0 radical (unpaired) electrons. The van der Waals surface area contributed by atoms with E-state index >= 15 is 0 Å². The fourth-order valence-electron chi connectivity index (χ4n) is 1.45. The molecule has 17 heavy (non-hydrogen) atoms. The fourth-order valence-corrected chi connectivity index (χ4v) is 3.01. The van der Waals surface area contributed by atoms with Crippen LogP contribution in [0.1, 0.15) is 26.3 Å². The minimum atomic E-state index is 0.275. The lowest BCUT2D eigenvalue weighted by atomic mass is 9.83. The second-order valence-corrected chi connectivity index (χ2v) is 6.83. The Morgan fingerprint density at radius 3 is 2.41 bits per heavy atom. The summed E-state index contributed by atoms with van der Waals surface area (Å²) in [4.78, 5) is 0. The third-order valence-electron chi connectivity index (χ3n) is 2.95. The molecule has 1 atom stereocenters. The second-order valence-electron chi connectivity index (χ2n) is 5.32. The lowest BCUT2D eigenvalue weighted by Crippen LogP contribution is -2.26. The summed E-state index contributed by atoms with van der Waals surface area (Å²) in [6.07, 6.45) is 0. The maximum absolute atomic E-state index is 5.82. The smallest absolute Gasteiger partial charge is 0.0727 e. The summed E-state index contributed by atoms with van der Waals surface area (Å²) >= 11 is 7.09. The van der Waals surface area contributed by atoms with Gasteiger partial charge in [-0.05, 0) is 23.0 Å². The van der Waals surface area contributed by atoms with Gasteiger partial charge in [-0.3, -0.25) is 0 Å². The number of alkyl halides is 1. The molecule has 1 aromatic carbocycles. The molecule has 0 aliphatic rings. The van der Waals surface area contributed by atoms with Crippen molar-refractivity contribution in [2.75, 3.05) is 11.9 Å². The Labute approximate surface area is 121 Å². The van der Waals surface area contributed by atoms with E-state index in [0.717, 1.165) is 16.4 Å². The van der Waals surface area contributed by atoms with E-state index in [4.69, 9.17) is 4.74 Å². The molecule has 0 bridgehead atoms. The molecule has 0 saturated heterocycles. The molecule has 0 heterocycles. The summed E-state index contributed by atoms with van der Waals surface area (Å²) in [5.41, 5.74) is 1.48. The molecule has 0 aliphatic carbocycles. The van der Waals surface area contributed by atoms with Crippen LogP contribution in [-0.2, 0) is 11.3 Å². The standard InChI is InChI=1S/C14H20Br2O/c1-14(2,3)12(8-15)10-17-9-11-6-4-5-7-13(11)16/h4-7,12H,8-10H2,1-3H3. The quantitative estimate of drug-likeness (QED) is 0.667. The first kappa shape index (κ1) is 15.2. The molecule has 1 rings (SSSR count). The fraction of sp³-hybridized carbons (Fsp3) is 0.571. The summed E-state index contributed by atoms with van der Waals surface area (Å²) in [5, 5.41) is 0.979. The van der Waals surface area contributed by atoms with Crippen LogP contribution in [0.25, 0.3) is 0 Å². The third kappa shape index (κ3) is 5.11. The van der Waals surface area contributed by atoms with Gasteiger partial charge in [0.2, 0.25) is 0 Å². The number of ether oxygens (including phenoxy) is 1. The third-order valence-corrected chi connectivity index (χ3v) is 4.50.